The van der Waals surface area contributed by atoms with Gasteiger partial charge in [0.1, 0.15) is 18.2 Å². The third-order valence-electron chi connectivity index (χ3n) is 6.90. The minimum Gasteiger partial charge on any atom is -0.467 e. The molecule has 0 fully saturated rings. The van der Waals surface area contributed by atoms with Gasteiger partial charge in [-0.1, -0.05) is 87.8 Å². The van der Waals surface area contributed by atoms with Crippen LogP contribution in [-0.2, 0) is 16.2 Å². The maximum atomic E-state index is 6.09. The minimum atomic E-state index is -1.14. The highest BCUT2D eigenvalue weighted by Crippen LogP contribution is 2.35. The number of rotatable bonds is 13. The summed E-state index contributed by atoms with van der Waals surface area (Å²) in [6, 6.07) is 25.5. The molecule has 5 nitrogen and oxygen atoms in total. The van der Waals surface area contributed by atoms with Crippen LogP contribution in [0.25, 0.3) is 33.3 Å². The van der Waals surface area contributed by atoms with Gasteiger partial charge >= 0.3 is 0 Å². The normalized spacial score (nSPS) is 12.3. The molecule has 0 N–H and O–H groups in total. The van der Waals surface area contributed by atoms with E-state index in [1.165, 1.54) is 0 Å². The number of ether oxygens (including phenoxy) is 3. The van der Waals surface area contributed by atoms with Crippen LogP contribution in [0.15, 0.2) is 66.7 Å². The van der Waals surface area contributed by atoms with Gasteiger partial charge < -0.3 is 14.2 Å². The fourth-order valence-corrected chi connectivity index (χ4v) is 5.92. The quantitative estimate of drug-likeness (QED) is 0.0932. The van der Waals surface area contributed by atoms with Crippen molar-refractivity contribution < 1.29 is 14.2 Å². The molecule has 39 heavy (non-hydrogen) atoms. The van der Waals surface area contributed by atoms with E-state index in [0.29, 0.717) is 6.73 Å². The lowest BCUT2D eigenvalue weighted by molar-refractivity contribution is 0.0217. The summed E-state index contributed by atoms with van der Waals surface area (Å²) in [5, 5.41) is 6.13. The average molecular weight is 561 g/mol. The van der Waals surface area contributed by atoms with Crippen molar-refractivity contribution in [3.63, 3.8) is 0 Å². The highest BCUT2D eigenvalue weighted by Gasteiger charge is 2.17. The fourth-order valence-electron chi connectivity index (χ4n) is 4.41. The third kappa shape index (κ3) is 8.14. The SMILES string of the molecule is Cc1c(OCOCC[Si](C)(C)C)cccc1-c1ccc2c(c1)c(-c1ccccc1)nn2COCC[Si](C)(C)C. The molecular weight excluding hydrogens is 517 g/mol. The first-order valence-corrected chi connectivity index (χ1v) is 21.4. The first-order chi connectivity index (χ1) is 18.5. The number of fused-ring (bicyclic) bond motifs is 1. The highest BCUT2D eigenvalue weighted by atomic mass is 28.3. The molecule has 0 saturated heterocycles. The van der Waals surface area contributed by atoms with E-state index < -0.39 is 16.1 Å². The standard InChI is InChI=1S/C32H44N2O3Si2/c1-25-28(14-11-15-31(25)37-24-36-19-21-39(5,6)7)27-16-17-30-29(22-27)32(26-12-9-8-10-13-26)33-34(30)23-35-18-20-38(2,3)4/h8-17,22H,18-21,23-24H2,1-7H3. The van der Waals surface area contributed by atoms with Gasteiger partial charge in [-0.15, -0.1) is 0 Å². The summed E-state index contributed by atoms with van der Waals surface area (Å²) in [5.41, 5.74) is 6.54. The first kappa shape index (κ1) is 29.3. The van der Waals surface area contributed by atoms with Crippen molar-refractivity contribution in [3.05, 3.63) is 72.3 Å². The summed E-state index contributed by atoms with van der Waals surface area (Å²) in [6.07, 6.45) is 0. The van der Waals surface area contributed by atoms with Gasteiger partial charge in [0.05, 0.1) is 5.52 Å². The number of hydrogen-bond donors (Lipinski definition) is 0. The van der Waals surface area contributed by atoms with Crippen molar-refractivity contribution in [2.45, 2.75) is 65.0 Å². The Morgan fingerprint density at radius 2 is 1.44 bits per heavy atom. The monoisotopic (exact) mass is 560 g/mol. The Balaban J connectivity index is 1.59. The van der Waals surface area contributed by atoms with Crippen molar-refractivity contribution in [2.75, 3.05) is 20.0 Å². The Kier molecular flexibility index (Phi) is 9.49. The molecule has 0 radical (unpaired) electrons. The van der Waals surface area contributed by atoms with Crippen LogP contribution < -0.4 is 4.74 Å². The maximum absolute atomic E-state index is 6.09. The zero-order chi connectivity index (χ0) is 28.0. The van der Waals surface area contributed by atoms with Crippen LogP contribution in [-0.4, -0.2) is 45.9 Å². The summed E-state index contributed by atoms with van der Waals surface area (Å²) in [7, 11) is -2.26. The van der Waals surface area contributed by atoms with E-state index in [1.807, 2.05) is 16.8 Å². The number of aromatic nitrogens is 2. The summed E-state index contributed by atoms with van der Waals surface area (Å²) in [6.45, 7) is 18.6. The van der Waals surface area contributed by atoms with Crippen molar-refractivity contribution >= 4 is 27.1 Å². The van der Waals surface area contributed by atoms with Crippen molar-refractivity contribution in [1.29, 1.82) is 0 Å². The van der Waals surface area contributed by atoms with Gasteiger partial charge in [0.25, 0.3) is 0 Å². The van der Waals surface area contributed by atoms with Crippen LogP contribution in [0.2, 0.25) is 51.4 Å². The van der Waals surface area contributed by atoms with E-state index in [1.54, 1.807) is 0 Å². The van der Waals surface area contributed by atoms with Gasteiger partial charge in [-0.2, -0.15) is 5.10 Å². The second-order valence-electron chi connectivity index (χ2n) is 12.7. The smallest absolute Gasteiger partial charge is 0.189 e. The molecule has 0 spiro atoms. The summed E-state index contributed by atoms with van der Waals surface area (Å²) < 4.78 is 19.9. The molecule has 0 atom stereocenters. The second kappa shape index (κ2) is 12.6. The summed E-state index contributed by atoms with van der Waals surface area (Å²) in [5.74, 6) is 0.857. The van der Waals surface area contributed by atoms with Gasteiger partial charge in [-0.05, 0) is 53.9 Å². The second-order valence-corrected chi connectivity index (χ2v) is 23.9. The van der Waals surface area contributed by atoms with Crippen LogP contribution in [0.3, 0.4) is 0 Å². The van der Waals surface area contributed by atoms with Crippen molar-refractivity contribution in [1.82, 2.24) is 9.78 Å². The predicted molar refractivity (Wildman–Crippen MR) is 169 cm³/mol. The van der Waals surface area contributed by atoms with E-state index in [-0.39, 0.29) is 6.79 Å². The van der Waals surface area contributed by atoms with Gasteiger partial charge in [0.15, 0.2) is 6.79 Å². The lowest BCUT2D eigenvalue weighted by atomic mass is 9.97. The Labute approximate surface area is 236 Å². The van der Waals surface area contributed by atoms with E-state index in [0.717, 1.165) is 69.9 Å². The Bertz CT molecular complexity index is 1370. The summed E-state index contributed by atoms with van der Waals surface area (Å²) >= 11 is 0. The van der Waals surface area contributed by atoms with E-state index in [9.17, 15) is 0 Å². The lowest BCUT2D eigenvalue weighted by Crippen LogP contribution is -2.22. The molecule has 0 aliphatic carbocycles. The number of hydrogen-bond acceptors (Lipinski definition) is 4. The maximum Gasteiger partial charge on any atom is 0.189 e. The van der Waals surface area contributed by atoms with Crippen LogP contribution in [0.4, 0.5) is 0 Å². The minimum absolute atomic E-state index is 0.274. The number of benzene rings is 3. The lowest BCUT2D eigenvalue weighted by Gasteiger charge is -2.16. The van der Waals surface area contributed by atoms with Crippen LogP contribution in [0, 0.1) is 6.92 Å². The molecule has 0 amide bonds. The zero-order valence-electron chi connectivity index (χ0n) is 24.7. The Morgan fingerprint density at radius 3 is 2.13 bits per heavy atom. The molecule has 0 unspecified atom stereocenters. The molecule has 0 aliphatic rings. The average Bonchev–Trinajstić information content (AvgIpc) is 3.24. The highest BCUT2D eigenvalue weighted by molar-refractivity contribution is 6.76. The van der Waals surface area contributed by atoms with Gasteiger partial charge in [0.2, 0.25) is 0 Å². The Hall–Kier alpha value is -2.72. The van der Waals surface area contributed by atoms with Crippen LogP contribution >= 0.6 is 0 Å². The fraction of sp³-hybridized carbons (Fsp3) is 0.406. The van der Waals surface area contributed by atoms with Gasteiger partial charge in [0, 0.05) is 40.3 Å². The molecule has 208 valence electrons. The molecule has 0 bridgehead atoms. The van der Waals surface area contributed by atoms with Gasteiger partial charge in [-0.25, -0.2) is 4.68 Å². The van der Waals surface area contributed by atoms with Crippen LogP contribution in [0.1, 0.15) is 5.56 Å². The summed E-state index contributed by atoms with van der Waals surface area (Å²) in [4.78, 5) is 0. The molecule has 3 aromatic carbocycles. The topological polar surface area (TPSA) is 45.5 Å². The molecular formula is C32H44N2O3Si2. The van der Waals surface area contributed by atoms with E-state index in [2.05, 4.69) is 101 Å². The predicted octanol–water partition coefficient (Wildman–Crippen LogP) is 8.68. The van der Waals surface area contributed by atoms with Crippen LogP contribution in [0.5, 0.6) is 5.75 Å². The largest absolute Gasteiger partial charge is 0.467 e. The third-order valence-corrected chi connectivity index (χ3v) is 10.3. The van der Waals surface area contributed by atoms with E-state index in [4.69, 9.17) is 19.3 Å². The molecule has 1 heterocycles. The molecule has 1 aromatic heterocycles. The molecule has 4 aromatic rings. The Morgan fingerprint density at radius 1 is 0.744 bits per heavy atom. The van der Waals surface area contributed by atoms with Crippen molar-refractivity contribution in [3.8, 4) is 28.1 Å². The number of nitrogens with zero attached hydrogens (tertiary/aromatic N) is 2. The first-order valence-electron chi connectivity index (χ1n) is 14.0. The molecule has 7 heteroatoms. The van der Waals surface area contributed by atoms with Crippen molar-refractivity contribution in [2.24, 2.45) is 0 Å². The zero-order valence-corrected chi connectivity index (χ0v) is 26.7. The molecule has 0 aliphatic heterocycles. The molecule has 4 rings (SSSR count). The van der Waals surface area contributed by atoms with E-state index >= 15 is 0 Å². The molecule has 0 saturated carbocycles. The van der Waals surface area contributed by atoms with Gasteiger partial charge in [-0.3, -0.25) is 0 Å².